The summed E-state index contributed by atoms with van der Waals surface area (Å²) in [4.78, 5) is 12.4. The standard InChI is InChI=1S/C11H14N2O3/c14-8-10-6-12(7-10)5-9-2-1-3-11(4-9)13(15)16/h1-4,10,14H,5-8H2. The molecule has 1 fully saturated rings. The number of hydrogen-bond acceptors (Lipinski definition) is 4. The van der Waals surface area contributed by atoms with Crippen molar-refractivity contribution in [3.8, 4) is 0 Å². The lowest BCUT2D eigenvalue weighted by Gasteiger charge is -2.38. The monoisotopic (exact) mass is 222 g/mol. The Labute approximate surface area is 93.5 Å². The van der Waals surface area contributed by atoms with Gasteiger partial charge in [-0.25, -0.2) is 0 Å². The first-order valence-corrected chi connectivity index (χ1v) is 5.25. The highest BCUT2D eigenvalue weighted by molar-refractivity contribution is 5.34. The lowest BCUT2D eigenvalue weighted by molar-refractivity contribution is -0.384. The van der Waals surface area contributed by atoms with Crippen LogP contribution in [0.15, 0.2) is 24.3 Å². The summed E-state index contributed by atoms with van der Waals surface area (Å²) in [5.74, 6) is 0.374. The van der Waals surface area contributed by atoms with E-state index in [1.54, 1.807) is 12.1 Å². The molecule has 0 unspecified atom stereocenters. The first-order valence-electron chi connectivity index (χ1n) is 5.25. The second-order valence-electron chi connectivity index (χ2n) is 4.17. The fourth-order valence-corrected chi connectivity index (χ4v) is 1.95. The fourth-order valence-electron chi connectivity index (χ4n) is 1.95. The molecule has 2 rings (SSSR count). The summed E-state index contributed by atoms with van der Waals surface area (Å²) in [5, 5.41) is 19.5. The van der Waals surface area contributed by atoms with Crippen molar-refractivity contribution < 1.29 is 10.0 Å². The molecule has 1 heterocycles. The van der Waals surface area contributed by atoms with Crippen molar-refractivity contribution in [2.24, 2.45) is 5.92 Å². The first kappa shape index (κ1) is 11.0. The SMILES string of the molecule is O=[N+]([O-])c1cccc(CN2CC(CO)C2)c1. The molecule has 0 radical (unpaired) electrons. The number of aliphatic hydroxyl groups is 1. The zero-order valence-electron chi connectivity index (χ0n) is 8.87. The van der Waals surface area contributed by atoms with Gasteiger partial charge in [0.15, 0.2) is 0 Å². The molecule has 0 spiro atoms. The third-order valence-corrected chi connectivity index (χ3v) is 2.82. The molecule has 5 nitrogen and oxygen atoms in total. The predicted molar refractivity (Wildman–Crippen MR) is 58.9 cm³/mol. The van der Waals surface area contributed by atoms with E-state index in [1.165, 1.54) is 6.07 Å². The Hall–Kier alpha value is -1.46. The maximum Gasteiger partial charge on any atom is 0.269 e. The van der Waals surface area contributed by atoms with Crippen LogP contribution in [-0.4, -0.2) is 34.6 Å². The molecule has 1 saturated heterocycles. The average molecular weight is 222 g/mol. The van der Waals surface area contributed by atoms with Gasteiger partial charge in [-0.15, -0.1) is 0 Å². The first-order chi connectivity index (χ1) is 7.69. The molecule has 1 aromatic carbocycles. The van der Waals surface area contributed by atoms with Crippen molar-refractivity contribution >= 4 is 5.69 Å². The van der Waals surface area contributed by atoms with Gasteiger partial charge >= 0.3 is 0 Å². The summed E-state index contributed by atoms with van der Waals surface area (Å²) in [7, 11) is 0. The fraction of sp³-hybridized carbons (Fsp3) is 0.455. The highest BCUT2D eigenvalue weighted by Crippen LogP contribution is 2.20. The Balaban J connectivity index is 1.95. The van der Waals surface area contributed by atoms with E-state index in [0.717, 1.165) is 25.2 Å². The molecule has 0 aliphatic carbocycles. The van der Waals surface area contributed by atoms with E-state index in [1.807, 2.05) is 6.07 Å². The number of likely N-dealkylation sites (tertiary alicyclic amines) is 1. The van der Waals surface area contributed by atoms with Crippen LogP contribution in [0.3, 0.4) is 0 Å². The largest absolute Gasteiger partial charge is 0.396 e. The van der Waals surface area contributed by atoms with Gasteiger partial charge in [-0.05, 0) is 5.56 Å². The molecule has 16 heavy (non-hydrogen) atoms. The van der Waals surface area contributed by atoms with Crippen molar-refractivity contribution in [3.05, 3.63) is 39.9 Å². The molecule has 1 N–H and O–H groups in total. The minimum Gasteiger partial charge on any atom is -0.396 e. The number of hydrogen-bond donors (Lipinski definition) is 1. The summed E-state index contributed by atoms with van der Waals surface area (Å²) in [6.07, 6.45) is 0. The van der Waals surface area contributed by atoms with E-state index < -0.39 is 0 Å². The lowest BCUT2D eigenvalue weighted by Crippen LogP contribution is -2.47. The van der Waals surface area contributed by atoms with Gasteiger partial charge in [0.05, 0.1) is 4.92 Å². The highest BCUT2D eigenvalue weighted by Gasteiger charge is 2.25. The Morgan fingerprint density at radius 1 is 1.50 bits per heavy atom. The zero-order valence-corrected chi connectivity index (χ0v) is 8.87. The second kappa shape index (κ2) is 4.59. The van der Waals surface area contributed by atoms with E-state index in [9.17, 15) is 10.1 Å². The van der Waals surface area contributed by atoms with Crippen LogP contribution in [0.2, 0.25) is 0 Å². The van der Waals surface area contributed by atoms with Crippen LogP contribution < -0.4 is 0 Å². The van der Waals surface area contributed by atoms with Gasteiger partial charge in [0.25, 0.3) is 5.69 Å². The van der Waals surface area contributed by atoms with Gasteiger partial charge in [0.2, 0.25) is 0 Å². The van der Waals surface area contributed by atoms with Crippen LogP contribution in [0.1, 0.15) is 5.56 Å². The van der Waals surface area contributed by atoms with E-state index in [2.05, 4.69) is 4.90 Å². The molecule has 0 bridgehead atoms. The molecule has 1 aromatic rings. The van der Waals surface area contributed by atoms with Gasteiger partial charge in [-0.3, -0.25) is 15.0 Å². The minimum atomic E-state index is -0.379. The number of rotatable bonds is 4. The van der Waals surface area contributed by atoms with E-state index >= 15 is 0 Å². The molecule has 0 atom stereocenters. The van der Waals surface area contributed by atoms with Crippen LogP contribution in [-0.2, 0) is 6.54 Å². The molecule has 86 valence electrons. The van der Waals surface area contributed by atoms with Gasteiger partial charge in [-0.2, -0.15) is 0 Å². The molecule has 1 aliphatic heterocycles. The summed E-state index contributed by atoms with van der Waals surface area (Å²) in [5.41, 5.74) is 1.09. The topological polar surface area (TPSA) is 66.6 Å². The van der Waals surface area contributed by atoms with E-state index in [4.69, 9.17) is 5.11 Å². The number of nitrogens with zero attached hydrogens (tertiary/aromatic N) is 2. The van der Waals surface area contributed by atoms with Crippen molar-refractivity contribution in [2.75, 3.05) is 19.7 Å². The normalized spacial score (nSPS) is 17.1. The van der Waals surface area contributed by atoms with Crippen LogP contribution >= 0.6 is 0 Å². The molecule has 5 heteroatoms. The van der Waals surface area contributed by atoms with Gasteiger partial charge in [0.1, 0.15) is 0 Å². The van der Waals surface area contributed by atoms with Crippen molar-refractivity contribution in [3.63, 3.8) is 0 Å². The lowest BCUT2D eigenvalue weighted by atomic mass is 10.0. The molecular weight excluding hydrogens is 208 g/mol. The number of nitro groups is 1. The summed E-state index contributed by atoms with van der Waals surface area (Å²) >= 11 is 0. The predicted octanol–water partition coefficient (Wildman–Crippen LogP) is 1.02. The van der Waals surface area contributed by atoms with E-state index in [0.29, 0.717) is 5.92 Å². The quantitative estimate of drug-likeness (QED) is 0.610. The van der Waals surface area contributed by atoms with E-state index in [-0.39, 0.29) is 17.2 Å². The van der Waals surface area contributed by atoms with Crippen LogP contribution in [0.5, 0.6) is 0 Å². The van der Waals surface area contributed by atoms with Crippen molar-refractivity contribution in [1.82, 2.24) is 4.90 Å². The molecular formula is C11H14N2O3. The van der Waals surface area contributed by atoms with Crippen LogP contribution in [0, 0.1) is 16.0 Å². The maximum absolute atomic E-state index is 10.6. The molecule has 0 aromatic heterocycles. The highest BCUT2D eigenvalue weighted by atomic mass is 16.6. The Bertz CT molecular complexity index is 389. The summed E-state index contributed by atoms with van der Waals surface area (Å²) < 4.78 is 0. The molecule has 1 aliphatic rings. The minimum absolute atomic E-state index is 0.136. The van der Waals surface area contributed by atoms with Crippen molar-refractivity contribution in [2.45, 2.75) is 6.54 Å². The van der Waals surface area contributed by atoms with Crippen LogP contribution in [0.4, 0.5) is 5.69 Å². The third kappa shape index (κ3) is 2.37. The Morgan fingerprint density at radius 2 is 2.25 bits per heavy atom. The van der Waals surface area contributed by atoms with Gasteiger partial charge in [-0.1, -0.05) is 12.1 Å². The Kier molecular flexibility index (Phi) is 3.17. The van der Waals surface area contributed by atoms with Gasteiger partial charge < -0.3 is 5.11 Å². The summed E-state index contributed by atoms with van der Waals surface area (Å²) in [6, 6.07) is 6.69. The second-order valence-corrected chi connectivity index (χ2v) is 4.17. The number of non-ortho nitro benzene ring substituents is 1. The summed E-state index contributed by atoms with van der Waals surface area (Å²) in [6.45, 7) is 2.70. The number of nitro benzene ring substituents is 1. The number of benzene rings is 1. The smallest absolute Gasteiger partial charge is 0.269 e. The molecule has 0 saturated carbocycles. The Morgan fingerprint density at radius 3 is 2.88 bits per heavy atom. The maximum atomic E-state index is 10.6. The van der Waals surface area contributed by atoms with Gasteiger partial charge in [0, 0.05) is 44.3 Å². The average Bonchev–Trinajstić information content (AvgIpc) is 2.23. The zero-order chi connectivity index (χ0) is 11.5. The van der Waals surface area contributed by atoms with Crippen LogP contribution in [0.25, 0.3) is 0 Å². The number of aliphatic hydroxyl groups excluding tert-OH is 1. The van der Waals surface area contributed by atoms with Crippen molar-refractivity contribution in [1.29, 1.82) is 0 Å². The third-order valence-electron chi connectivity index (χ3n) is 2.82. The molecule has 0 amide bonds.